The molecular weight excluding hydrogens is 339 g/mol. The third-order valence-corrected chi connectivity index (χ3v) is 3.31. The van der Waals surface area contributed by atoms with E-state index >= 15 is 0 Å². The van der Waals surface area contributed by atoms with Crippen molar-refractivity contribution < 1.29 is 4.79 Å². The lowest BCUT2D eigenvalue weighted by Gasteiger charge is -1.95. The van der Waals surface area contributed by atoms with Crippen molar-refractivity contribution >= 4 is 34.5 Å². The molecule has 0 unspecified atom stereocenters. The van der Waals surface area contributed by atoms with Crippen LogP contribution in [0, 0.1) is 10.5 Å². The van der Waals surface area contributed by atoms with Crippen molar-refractivity contribution in [3.63, 3.8) is 0 Å². The number of aromatic nitrogens is 2. The molecule has 4 heteroatoms. The van der Waals surface area contributed by atoms with Crippen molar-refractivity contribution in [1.29, 1.82) is 0 Å². The summed E-state index contributed by atoms with van der Waals surface area (Å²) in [4.78, 5) is 11.9. The number of hydrogen-bond donors (Lipinski definition) is 0. The molecule has 1 aromatic heterocycles. The second-order valence-electron chi connectivity index (χ2n) is 4.05. The molecule has 0 amide bonds. The molecule has 1 heterocycles. The van der Waals surface area contributed by atoms with Crippen LogP contribution in [0.4, 0.5) is 0 Å². The minimum Gasteiger partial charge on any atom is -0.289 e. The van der Waals surface area contributed by atoms with Gasteiger partial charge in [-0.2, -0.15) is 5.10 Å². The van der Waals surface area contributed by atoms with E-state index in [-0.39, 0.29) is 5.78 Å². The van der Waals surface area contributed by atoms with Crippen molar-refractivity contribution in [1.82, 2.24) is 9.78 Å². The fourth-order valence-electron chi connectivity index (χ4n) is 1.66. The topological polar surface area (TPSA) is 34.9 Å². The van der Waals surface area contributed by atoms with E-state index in [1.807, 2.05) is 50.5 Å². The van der Waals surface area contributed by atoms with Crippen LogP contribution in [0.2, 0.25) is 0 Å². The van der Waals surface area contributed by atoms with Crippen molar-refractivity contribution in [2.45, 2.75) is 6.92 Å². The summed E-state index contributed by atoms with van der Waals surface area (Å²) in [6, 6.07) is 7.53. The van der Waals surface area contributed by atoms with Gasteiger partial charge < -0.3 is 0 Å². The lowest BCUT2D eigenvalue weighted by atomic mass is 10.1. The Labute approximate surface area is 120 Å². The summed E-state index contributed by atoms with van der Waals surface area (Å²) in [5.41, 5.74) is 2.59. The Kier molecular flexibility index (Phi) is 3.96. The first-order valence-corrected chi connectivity index (χ1v) is 6.62. The summed E-state index contributed by atoms with van der Waals surface area (Å²) in [5.74, 6) is 0.00894. The van der Waals surface area contributed by atoms with E-state index in [1.165, 1.54) is 0 Å². The highest BCUT2D eigenvalue weighted by Gasteiger charge is 2.03. The predicted molar refractivity (Wildman–Crippen MR) is 80.5 cm³/mol. The maximum atomic E-state index is 11.9. The predicted octanol–water partition coefficient (Wildman–Crippen LogP) is 3.23. The van der Waals surface area contributed by atoms with Gasteiger partial charge in [-0.3, -0.25) is 9.48 Å². The van der Waals surface area contributed by atoms with E-state index < -0.39 is 0 Å². The zero-order valence-corrected chi connectivity index (χ0v) is 12.4. The molecule has 0 saturated carbocycles. The van der Waals surface area contributed by atoms with Gasteiger partial charge in [0.05, 0.1) is 5.69 Å². The second kappa shape index (κ2) is 5.48. The van der Waals surface area contributed by atoms with Crippen LogP contribution in [-0.4, -0.2) is 15.6 Å². The number of carbonyl (C=O) groups excluding carboxylic acids is 1. The Morgan fingerprint density at radius 1 is 1.33 bits per heavy atom. The van der Waals surface area contributed by atoms with E-state index in [4.69, 9.17) is 0 Å². The summed E-state index contributed by atoms with van der Waals surface area (Å²) in [7, 11) is 1.87. The van der Waals surface area contributed by atoms with Gasteiger partial charge in [0.25, 0.3) is 0 Å². The van der Waals surface area contributed by atoms with E-state index in [0.29, 0.717) is 5.56 Å². The lowest BCUT2D eigenvalue weighted by molar-refractivity contribution is 0.104. The van der Waals surface area contributed by atoms with Crippen LogP contribution in [-0.2, 0) is 7.05 Å². The van der Waals surface area contributed by atoms with Gasteiger partial charge in [0, 0.05) is 27.9 Å². The zero-order valence-electron chi connectivity index (χ0n) is 10.2. The number of halogens is 1. The summed E-state index contributed by atoms with van der Waals surface area (Å²) in [5, 5.41) is 4.23. The average Bonchev–Trinajstić information content (AvgIpc) is 2.66. The standard InChI is InChI=1S/C14H13IN2O/c1-10-12(9-17(2)16-10)5-8-14(18)11-3-6-13(15)7-4-11/h3-9H,1-2H3/b8-5+. The van der Waals surface area contributed by atoms with Gasteiger partial charge in [-0.15, -0.1) is 0 Å². The number of hydrogen-bond acceptors (Lipinski definition) is 2. The molecule has 0 radical (unpaired) electrons. The molecule has 3 nitrogen and oxygen atoms in total. The molecule has 0 N–H and O–H groups in total. The highest BCUT2D eigenvalue weighted by molar-refractivity contribution is 14.1. The van der Waals surface area contributed by atoms with Gasteiger partial charge in [0.1, 0.15) is 0 Å². The number of rotatable bonds is 3. The Morgan fingerprint density at radius 3 is 2.56 bits per heavy atom. The molecule has 0 fully saturated rings. The molecule has 18 heavy (non-hydrogen) atoms. The fraction of sp³-hybridized carbons (Fsp3) is 0.143. The number of allylic oxidation sites excluding steroid dienone is 1. The van der Waals surface area contributed by atoms with Crippen molar-refractivity contribution in [2.24, 2.45) is 7.05 Å². The molecule has 0 aliphatic heterocycles. The van der Waals surface area contributed by atoms with Crippen LogP contribution in [0.3, 0.4) is 0 Å². The Balaban J connectivity index is 2.16. The van der Waals surface area contributed by atoms with E-state index in [0.717, 1.165) is 14.8 Å². The highest BCUT2D eigenvalue weighted by atomic mass is 127. The van der Waals surface area contributed by atoms with E-state index in [9.17, 15) is 4.79 Å². The van der Waals surface area contributed by atoms with E-state index in [2.05, 4.69) is 27.7 Å². The molecule has 0 aliphatic rings. The fourth-order valence-corrected chi connectivity index (χ4v) is 2.02. The third kappa shape index (κ3) is 3.07. The Hall–Kier alpha value is -1.43. The number of ketones is 1. The zero-order chi connectivity index (χ0) is 13.1. The second-order valence-corrected chi connectivity index (χ2v) is 5.29. The summed E-state index contributed by atoms with van der Waals surface area (Å²) in [6.07, 6.45) is 5.29. The minimum absolute atomic E-state index is 0.00894. The number of aryl methyl sites for hydroxylation is 2. The highest BCUT2D eigenvalue weighted by Crippen LogP contribution is 2.10. The van der Waals surface area contributed by atoms with Crippen LogP contribution < -0.4 is 0 Å². The first-order valence-electron chi connectivity index (χ1n) is 5.54. The first-order chi connectivity index (χ1) is 8.56. The van der Waals surface area contributed by atoms with Crippen molar-refractivity contribution in [2.75, 3.05) is 0 Å². The van der Waals surface area contributed by atoms with Crippen LogP contribution in [0.5, 0.6) is 0 Å². The molecular formula is C14H13IN2O. The van der Waals surface area contributed by atoms with Crippen LogP contribution in [0.25, 0.3) is 6.08 Å². The maximum absolute atomic E-state index is 11.9. The number of benzene rings is 1. The average molecular weight is 352 g/mol. The number of nitrogens with zero attached hydrogens (tertiary/aromatic N) is 2. The van der Waals surface area contributed by atoms with Crippen molar-refractivity contribution in [3.05, 3.63) is 56.9 Å². The van der Waals surface area contributed by atoms with Crippen LogP contribution in [0.15, 0.2) is 36.5 Å². The smallest absolute Gasteiger partial charge is 0.185 e. The maximum Gasteiger partial charge on any atom is 0.185 e. The Morgan fingerprint density at radius 2 is 2.00 bits per heavy atom. The molecule has 2 aromatic rings. The summed E-state index contributed by atoms with van der Waals surface area (Å²) >= 11 is 2.22. The largest absolute Gasteiger partial charge is 0.289 e. The molecule has 0 bridgehead atoms. The normalized spacial score (nSPS) is 11.1. The van der Waals surface area contributed by atoms with Gasteiger partial charge in [-0.25, -0.2) is 0 Å². The number of carbonyl (C=O) groups is 1. The molecule has 92 valence electrons. The Bertz CT molecular complexity index is 597. The molecule has 1 aromatic carbocycles. The van der Waals surface area contributed by atoms with Gasteiger partial charge in [-0.05, 0) is 53.8 Å². The lowest BCUT2D eigenvalue weighted by Crippen LogP contribution is -1.93. The van der Waals surface area contributed by atoms with Gasteiger partial charge >= 0.3 is 0 Å². The third-order valence-electron chi connectivity index (χ3n) is 2.59. The van der Waals surface area contributed by atoms with Gasteiger partial charge in [-0.1, -0.05) is 12.1 Å². The molecule has 0 aliphatic carbocycles. The quantitative estimate of drug-likeness (QED) is 0.483. The SMILES string of the molecule is Cc1nn(C)cc1/C=C/C(=O)c1ccc(I)cc1. The first kappa shape index (κ1) is 13.0. The molecule has 0 spiro atoms. The van der Waals surface area contributed by atoms with Gasteiger partial charge in [0.2, 0.25) is 0 Å². The summed E-state index contributed by atoms with van der Waals surface area (Å²) < 4.78 is 2.86. The van der Waals surface area contributed by atoms with Crippen LogP contribution >= 0.6 is 22.6 Å². The monoisotopic (exact) mass is 352 g/mol. The van der Waals surface area contributed by atoms with Crippen molar-refractivity contribution in [3.8, 4) is 0 Å². The molecule has 2 rings (SSSR count). The molecule has 0 atom stereocenters. The summed E-state index contributed by atoms with van der Waals surface area (Å²) in [6.45, 7) is 1.93. The minimum atomic E-state index is 0.00894. The molecule has 0 saturated heterocycles. The van der Waals surface area contributed by atoms with Crippen LogP contribution in [0.1, 0.15) is 21.6 Å². The van der Waals surface area contributed by atoms with Gasteiger partial charge in [0.15, 0.2) is 5.78 Å². The van der Waals surface area contributed by atoms with E-state index in [1.54, 1.807) is 10.8 Å².